The number of nitrogens with zero attached hydrogens (tertiary/aromatic N) is 1. The fraction of sp³-hybridized carbons (Fsp3) is 0.452. The van der Waals surface area contributed by atoms with Crippen molar-refractivity contribution >= 4 is 45.6 Å². The van der Waals surface area contributed by atoms with Crippen molar-refractivity contribution in [1.29, 1.82) is 0 Å². The maximum atomic E-state index is 13.3. The number of para-hydroxylation sites is 1. The van der Waals surface area contributed by atoms with Crippen LogP contribution < -0.4 is 15.5 Å². The van der Waals surface area contributed by atoms with Crippen LogP contribution >= 0.6 is 0 Å². The Kier molecular flexibility index (Phi) is 14.7. The number of alkyl carbamates (subject to hydrolysis) is 1. The molecule has 1 aliphatic heterocycles. The summed E-state index contributed by atoms with van der Waals surface area (Å²) >= 11 is 0. The summed E-state index contributed by atoms with van der Waals surface area (Å²) in [5.74, 6) is -0.284. The first kappa shape index (κ1) is 32.0. The van der Waals surface area contributed by atoms with Crippen LogP contribution in [0.3, 0.4) is 0 Å². The molecule has 2 aromatic carbocycles. The number of carbonyl (C=O) groups is 3. The van der Waals surface area contributed by atoms with E-state index in [9.17, 15) is 14.4 Å². The number of fused-ring (bicyclic) bond motifs is 2. The fourth-order valence-electron chi connectivity index (χ4n) is 4.46. The van der Waals surface area contributed by atoms with Gasteiger partial charge in [-0.15, -0.1) is 0 Å². The van der Waals surface area contributed by atoms with Crippen molar-refractivity contribution in [2.24, 2.45) is 0 Å². The molecular weight excluding hydrogens is 538 g/mol. The highest BCUT2D eigenvalue weighted by atomic mass is 28.2. The Bertz CT molecular complexity index is 1140. The van der Waals surface area contributed by atoms with Crippen LogP contribution in [0.2, 0.25) is 6.04 Å². The zero-order chi connectivity index (χ0) is 29.1. The molecule has 0 spiro atoms. The number of rotatable bonds is 17. The van der Waals surface area contributed by atoms with E-state index < -0.39 is 21.8 Å². The van der Waals surface area contributed by atoms with Gasteiger partial charge in [0.1, 0.15) is 13.2 Å². The van der Waals surface area contributed by atoms with E-state index in [2.05, 4.69) is 34.9 Å². The lowest BCUT2D eigenvalue weighted by molar-refractivity contribution is -0.143. The van der Waals surface area contributed by atoms with E-state index in [0.717, 1.165) is 60.7 Å². The molecule has 0 fully saturated rings. The maximum absolute atomic E-state index is 13.3. The Balaban J connectivity index is 1.25. The van der Waals surface area contributed by atoms with Gasteiger partial charge in [-0.3, -0.25) is 9.59 Å². The van der Waals surface area contributed by atoms with Crippen LogP contribution in [0.4, 0.5) is 10.5 Å². The van der Waals surface area contributed by atoms with Gasteiger partial charge in [0, 0.05) is 19.6 Å². The number of unbranched alkanes of at least 4 members (excludes halogenated alkanes) is 2. The Morgan fingerprint density at radius 3 is 2.49 bits per heavy atom. The minimum Gasteiger partial charge on any atom is -0.461 e. The van der Waals surface area contributed by atoms with Crippen molar-refractivity contribution < 1.29 is 28.3 Å². The Morgan fingerprint density at radius 2 is 1.63 bits per heavy atom. The van der Waals surface area contributed by atoms with Crippen molar-refractivity contribution in [1.82, 2.24) is 10.6 Å². The lowest BCUT2D eigenvalue weighted by atomic mass is 10.0. The molecule has 2 amide bonds. The Hall–Kier alpha value is -3.47. The Labute approximate surface area is 245 Å². The van der Waals surface area contributed by atoms with Gasteiger partial charge in [-0.05, 0) is 61.5 Å². The van der Waals surface area contributed by atoms with Gasteiger partial charge in [0.05, 0.1) is 18.8 Å². The minimum atomic E-state index is -0.507. The lowest BCUT2D eigenvalue weighted by Crippen LogP contribution is -2.31. The van der Waals surface area contributed by atoms with Gasteiger partial charge in [-0.25, -0.2) is 4.79 Å². The average Bonchev–Trinajstić information content (AvgIpc) is 2.97. The van der Waals surface area contributed by atoms with Crippen LogP contribution in [0.25, 0.3) is 12.2 Å². The third-order valence-electron chi connectivity index (χ3n) is 6.64. The first-order chi connectivity index (χ1) is 20.1. The van der Waals surface area contributed by atoms with Crippen LogP contribution in [-0.2, 0) is 30.0 Å². The zero-order valence-corrected chi connectivity index (χ0v) is 25.5. The van der Waals surface area contributed by atoms with Crippen LogP contribution in [0.1, 0.15) is 55.7 Å². The third-order valence-corrected chi connectivity index (χ3v) is 8.12. The molecule has 0 saturated carbocycles. The topological polar surface area (TPSA) is 106 Å². The standard InChI is InChI=1S/C31H43N3O6Si/c1-2-40-41-22-10-19-33-31(37)39-21-20-38-30(36)23-32-18-9-3-4-15-29(35)34-24-27-13-6-5-11-25(27)16-17-26-12-7-8-14-28(26)34/h5-8,11-14,16-17,32H,2-4,9-10,15,18-24,41H2,1H3,(H,33,37)/b17-16-. The number of nitrogens with one attached hydrogen (secondary N) is 2. The quantitative estimate of drug-likeness (QED) is 0.165. The molecule has 0 aromatic heterocycles. The summed E-state index contributed by atoms with van der Waals surface area (Å²) in [6, 6.07) is 17.2. The molecule has 9 nitrogen and oxygen atoms in total. The molecule has 3 rings (SSSR count). The van der Waals surface area contributed by atoms with Gasteiger partial charge in [0.2, 0.25) is 5.91 Å². The van der Waals surface area contributed by atoms with E-state index >= 15 is 0 Å². The monoisotopic (exact) mass is 581 g/mol. The molecule has 2 N–H and O–H groups in total. The summed E-state index contributed by atoms with van der Waals surface area (Å²) in [6.45, 7) is 4.61. The minimum absolute atomic E-state index is 0.0165. The molecule has 10 heteroatoms. The molecule has 1 heterocycles. The van der Waals surface area contributed by atoms with Crippen molar-refractivity contribution in [3.05, 3.63) is 65.2 Å². The van der Waals surface area contributed by atoms with Crippen molar-refractivity contribution in [3.63, 3.8) is 0 Å². The summed E-state index contributed by atoms with van der Waals surface area (Å²) in [4.78, 5) is 38.6. The first-order valence-corrected chi connectivity index (χ1v) is 16.2. The smallest absolute Gasteiger partial charge is 0.407 e. The molecule has 1 aliphatic rings. The molecule has 222 valence electrons. The van der Waals surface area contributed by atoms with E-state index in [4.69, 9.17) is 13.9 Å². The molecule has 0 unspecified atom stereocenters. The summed E-state index contributed by atoms with van der Waals surface area (Å²) in [5.41, 5.74) is 4.22. The SMILES string of the molecule is CCO[SiH2]CCCNC(=O)OCCOC(=O)CNCCCCCC(=O)N1Cc2ccccc2/C=C\c2ccccc21. The highest BCUT2D eigenvalue weighted by Crippen LogP contribution is 2.29. The normalized spacial score (nSPS) is 13.1. The van der Waals surface area contributed by atoms with Gasteiger partial charge < -0.3 is 29.4 Å². The second-order valence-electron chi connectivity index (χ2n) is 9.75. The molecule has 2 aromatic rings. The molecule has 0 saturated heterocycles. The highest BCUT2D eigenvalue weighted by Gasteiger charge is 2.20. The van der Waals surface area contributed by atoms with E-state index in [-0.39, 0.29) is 25.7 Å². The van der Waals surface area contributed by atoms with E-state index in [1.807, 2.05) is 48.2 Å². The highest BCUT2D eigenvalue weighted by molar-refractivity contribution is 6.26. The van der Waals surface area contributed by atoms with Crippen LogP contribution in [-0.4, -0.2) is 67.2 Å². The van der Waals surface area contributed by atoms with Crippen molar-refractivity contribution in [2.75, 3.05) is 44.4 Å². The van der Waals surface area contributed by atoms with Crippen LogP contribution in [0.15, 0.2) is 48.5 Å². The zero-order valence-electron chi connectivity index (χ0n) is 24.1. The van der Waals surface area contributed by atoms with Crippen molar-refractivity contribution in [3.8, 4) is 0 Å². The second kappa shape index (κ2) is 18.8. The van der Waals surface area contributed by atoms with Gasteiger partial charge in [0.25, 0.3) is 0 Å². The number of hydrogen-bond acceptors (Lipinski definition) is 7. The molecule has 0 bridgehead atoms. The number of ether oxygens (including phenoxy) is 2. The molecule has 41 heavy (non-hydrogen) atoms. The third kappa shape index (κ3) is 11.9. The number of hydrogen-bond donors (Lipinski definition) is 2. The lowest BCUT2D eigenvalue weighted by Gasteiger charge is -2.27. The summed E-state index contributed by atoms with van der Waals surface area (Å²) in [6.07, 6.45) is 7.50. The van der Waals surface area contributed by atoms with E-state index in [1.165, 1.54) is 0 Å². The number of esters is 1. The largest absolute Gasteiger partial charge is 0.461 e. The molecular formula is C31H43N3O6Si. The van der Waals surface area contributed by atoms with E-state index in [1.54, 1.807) is 0 Å². The summed E-state index contributed by atoms with van der Waals surface area (Å²) in [5, 5.41) is 5.74. The van der Waals surface area contributed by atoms with Crippen molar-refractivity contribution in [2.45, 2.75) is 51.6 Å². The molecule has 0 aliphatic carbocycles. The Morgan fingerprint density at radius 1 is 0.878 bits per heavy atom. The second-order valence-corrected chi connectivity index (χ2v) is 11.3. The number of amides is 2. The average molecular weight is 582 g/mol. The van der Waals surface area contributed by atoms with Gasteiger partial charge in [0.15, 0.2) is 9.76 Å². The molecule has 0 radical (unpaired) electrons. The first-order valence-electron chi connectivity index (χ1n) is 14.6. The van der Waals surface area contributed by atoms with Gasteiger partial charge >= 0.3 is 12.1 Å². The van der Waals surface area contributed by atoms with Gasteiger partial charge in [-0.1, -0.05) is 61.0 Å². The predicted molar refractivity (Wildman–Crippen MR) is 164 cm³/mol. The van der Waals surface area contributed by atoms with Crippen LogP contribution in [0.5, 0.6) is 0 Å². The predicted octanol–water partition coefficient (Wildman–Crippen LogP) is 4.05. The summed E-state index contributed by atoms with van der Waals surface area (Å²) in [7, 11) is -0.475. The van der Waals surface area contributed by atoms with E-state index in [0.29, 0.717) is 26.1 Å². The maximum Gasteiger partial charge on any atom is 0.407 e. The number of anilines is 1. The number of benzene rings is 2. The number of carbonyl (C=O) groups excluding carboxylic acids is 3. The fourth-order valence-corrected chi connectivity index (χ4v) is 5.40. The van der Waals surface area contributed by atoms with Crippen LogP contribution in [0, 0.1) is 0 Å². The summed E-state index contributed by atoms with van der Waals surface area (Å²) < 4.78 is 15.5. The van der Waals surface area contributed by atoms with Gasteiger partial charge in [-0.2, -0.15) is 0 Å². The molecule has 0 atom stereocenters.